The van der Waals surface area contributed by atoms with Crippen molar-refractivity contribution in [3.63, 3.8) is 0 Å². The lowest BCUT2D eigenvalue weighted by Crippen LogP contribution is -2.40. The Morgan fingerprint density at radius 1 is 1.28 bits per heavy atom. The van der Waals surface area contributed by atoms with E-state index in [1.165, 1.54) is 0 Å². The molecule has 0 atom stereocenters. The Hall–Kier alpha value is -1.58. The lowest BCUT2D eigenvalue weighted by Gasteiger charge is -2.30. The number of likely N-dealkylation sites (tertiary alicyclic amines) is 1. The summed E-state index contributed by atoms with van der Waals surface area (Å²) in [5.74, 6) is 0.976. The van der Waals surface area contributed by atoms with E-state index >= 15 is 0 Å². The van der Waals surface area contributed by atoms with Crippen molar-refractivity contribution in [2.24, 2.45) is 5.92 Å². The molecule has 0 radical (unpaired) electrons. The van der Waals surface area contributed by atoms with Gasteiger partial charge in [0, 0.05) is 13.1 Å². The summed E-state index contributed by atoms with van der Waals surface area (Å²) >= 11 is 0. The lowest BCUT2D eigenvalue weighted by atomic mass is 9.94. The first-order valence-electron chi connectivity index (χ1n) is 6.37. The lowest BCUT2D eigenvalue weighted by molar-refractivity contribution is 0.128. The summed E-state index contributed by atoms with van der Waals surface area (Å²) in [6.07, 6.45) is 2.04. The normalized spacial score (nSPS) is 16.6. The van der Waals surface area contributed by atoms with Crippen LogP contribution in [0.5, 0.6) is 5.75 Å². The van der Waals surface area contributed by atoms with Gasteiger partial charge >= 0.3 is 6.09 Å². The fraction of sp³-hybridized carbons (Fsp3) is 0.500. The van der Waals surface area contributed by atoms with E-state index in [0.29, 0.717) is 31.2 Å². The fourth-order valence-corrected chi connectivity index (χ4v) is 2.21. The first kappa shape index (κ1) is 12.9. The van der Waals surface area contributed by atoms with Crippen molar-refractivity contribution >= 4 is 6.09 Å². The minimum atomic E-state index is -0.306. The predicted molar refractivity (Wildman–Crippen MR) is 67.4 cm³/mol. The van der Waals surface area contributed by atoms with Crippen LogP contribution in [0.15, 0.2) is 30.3 Å². The van der Waals surface area contributed by atoms with Gasteiger partial charge in [-0.05, 0) is 37.3 Å². The standard InChI is InChI=1S/C14H18FNO2/c15-9-6-12-7-10-16(11-8-12)14(17)18-13-4-2-1-3-5-13/h1-5,12H,6-11H2. The van der Waals surface area contributed by atoms with Crippen molar-refractivity contribution in [3.05, 3.63) is 30.3 Å². The highest BCUT2D eigenvalue weighted by atomic mass is 19.1. The number of nitrogens with zero attached hydrogens (tertiary/aromatic N) is 1. The van der Waals surface area contributed by atoms with E-state index < -0.39 is 0 Å². The summed E-state index contributed by atoms with van der Waals surface area (Å²) in [7, 11) is 0. The first-order chi connectivity index (χ1) is 8.79. The van der Waals surface area contributed by atoms with E-state index in [-0.39, 0.29) is 12.8 Å². The number of hydrogen-bond donors (Lipinski definition) is 0. The number of amides is 1. The van der Waals surface area contributed by atoms with Gasteiger partial charge in [-0.1, -0.05) is 18.2 Å². The van der Waals surface area contributed by atoms with E-state index in [4.69, 9.17) is 4.74 Å². The smallest absolute Gasteiger partial charge is 0.410 e. The van der Waals surface area contributed by atoms with Crippen molar-refractivity contribution in [2.45, 2.75) is 19.3 Å². The maximum absolute atomic E-state index is 12.2. The highest BCUT2D eigenvalue weighted by Crippen LogP contribution is 2.21. The van der Waals surface area contributed by atoms with Gasteiger partial charge in [0.15, 0.2) is 0 Å². The molecule has 1 aromatic rings. The number of alkyl halides is 1. The Kier molecular flexibility index (Phi) is 4.56. The topological polar surface area (TPSA) is 29.5 Å². The summed E-state index contributed by atoms with van der Waals surface area (Å²) in [4.78, 5) is 13.6. The zero-order chi connectivity index (χ0) is 12.8. The zero-order valence-electron chi connectivity index (χ0n) is 10.3. The molecule has 0 saturated carbocycles. The van der Waals surface area contributed by atoms with Crippen LogP contribution in [0.4, 0.5) is 9.18 Å². The van der Waals surface area contributed by atoms with Crippen molar-refractivity contribution in [3.8, 4) is 5.75 Å². The highest BCUT2D eigenvalue weighted by Gasteiger charge is 2.23. The van der Waals surface area contributed by atoms with Gasteiger partial charge in [-0.3, -0.25) is 4.39 Å². The van der Waals surface area contributed by atoms with Crippen LogP contribution in [0, 0.1) is 5.92 Å². The van der Waals surface area contributed by atoms with Gasteiger partial charge in [0.2, 0.25) is 0 Å². The largest absolute Gasteiger partial charge is 0.415 e. The summed E-state index contributed by atoms with van der Waals surface area (Å²) in [6, 6.07) is 9.05. The Morgan fingerprint density at radius 2 is 1.94 bits per heavy atom. The molecule has 1 amide bonds. The quantitative estimate of drug-likeness (QED) is 0.825. The summed E-state index contributed by atoms with van der Waals surface area (Å²) in [5, 5.41) is 0. The average Bonchev–Trinajstić information content (AvgIpc) is 2.41. The van der Waals surface area contributed by atoms with Crippen LogP contribution in [0.2, 0.25) is 0 Å². The van der Waals surface area contributed by atoms with E-state index in [1.54, 1.807) is 17.0 Å². The van der Waals surface area contributed by atoms with Crippen LogP contribution < -0.4 is 4.74 Å². The third kappa shape index (κ3) is 3.45. The molecular weight excluding hydrogens is 233 g/mol. The van der Waals surface area contributed by atoms with Crippen LogP contribution >= 0.6 is 0 Å². The van der Waals surface area contributed by atoms with Gasteiger partial charge in [-0.15, -0.1) is 0 Å². The van der Waals surface area contributed by atoms with Crippen molar-refractivity contribution in [2.75, 3.05) is 19.8 Å². The summed E-state index contributed by atoms with van der Waals surface area (Å²) in [6.45, 7) is 1.06. The Morgan fingerprint density at radius 3 is 2.56 bits per heavy atom. The molecule has 0 aliphatic carbocycles. The summed E-state index contributed by atoms with van der Waals surface area (Å²) < 4.78 is 17.5. The molecule has 1 aliphatic heterocycles. The van der Waals surface area contributed by atoms with E-state index in [0.717, 1.165) is 12.8 Å². The molecule has 4 heteroatoms. The second-order valence-electron chi connectivity index (χ2n) is 4.59. The number of ether oxygens (including phenoxy) is 1. The van der Waals surface area contributed by atoms with Crippen LogP contribution in [-0.2, 0) is 0 Å². The molecule has 3 nitrogen and oxygen atoms in total. The zero-order valence-corrected chi connectivity index (χ0v) is 10.3. The molecular formula is C14H18FNO2. The molecule has 1 heterocycles. The highest BCUT2D eigenvalue weighted by molar-refractivity contribution is 5.70. The number of benzene rings is 1. The Balaban J connectivity index is 1.81. The van der Waals surface area contributed by atoms with Crippen LogP contribution in [0.25, 0.3) is 0 Å². The van der Waals surface area contributed by atoms with Crippen LogP contribution in [0.3, 0.4) is 0 Å². The summed E-state index contributed by atoms with van der Waals surface area (Å²) in [5.41, 5.74) is 0. The van der Waals surface area contributed by atoms with Gasteiger partial charge in [-0.25, -0.2) is 4.79 Å². The number of carbonyl (C=O) groups excluding carboxylic acids is 1. The number of para-hydroxylation sites is 1. The first-order valence-corrected chi connectivity index (χ1v) is 6.37. The SMILES string of the molecule is O=C(Oc1ccccc1)N1CCC(CCF)CC1. The van der Waals surface area contributed by atoms with E-state index in [2.05, 4.69) is 0 Å². The molecule has 0 unspecified atom stereocenters. The van der Waals surface area contributed by atoms with Crippen molar-refractivity contribution in [1.29, 1.82) is 0 Å². The fourth-order valence-electron chi connectivity index (χ4n) is 2.21. The molecule has 98 valence electrons. The molecule has 1 aromatic carbocycles. The molecule has 0 spiro atoms. The number of carbonyl (C=O) groups is 1. The minimum absolute atomic E-state index is 0.265. The number of hydrogen-bond acceptors (Lipinski definition) is 2. The van der Waals surface area contributed by atoms with E-state index in [9.17, 15) is 9.18 Å². The second kappa shape index (κ2) is 6.38. The van der Waals surface area contributed by atoms with Gasteiger partial charge in [0.25, 0.3) is 0 Å². The van der Waals surface area contributed by atoms with Crippen molar-refractivity contribution in [1.82, 2.24) is 4.90 Å². The molecule has 18 heavy (non-hydrogen) atoms. The Bertz CT molecular complexity index is 375. The monoisotopic (exact) mass is 251 g/mol. The molecule has 0 aromatic heterocycles. The Labute approximate surface area is 107 Å². The van der Waals surface area contributed by atoms with Gasteiger partial charge in [0.1, 0.15) is 5.75 Å². The van der Waals surface area contributed by atoms with Gasteiger partial charge < -0.3 is 9.64 Å². The third-order valence-electron chi connectivity index (χ3n) is 3.34. The number of rotatable bonds is 3. The maximum Gasteiger partial charge on any atom is 0.415 e. The molecule has 0 N–H and O–H groups in total. The molecule has 1 saturated heterocycles. The minimum Gasteiger partial charge on any atom is -0.410 e. The molecule has 1 fully saturated rings. The molecule has 2 rings (SSSR count). The number of halogens is 1. The third-order valence-corrected chi connectivity index (χ3v) is 3.34. The number of piperidine rings is 1. The van der Waals surface area contributed by atoms with Crippen molar-refractivity contribution < 1.29 is 13.9 Å². The van der Waals surface area contributed by atoms with Crippen LogP contribution in [0.1, 0.15) is 19.3 Å². The second-order valence-corrected chi connectivity index (χ2v) is 4.59. The van der Waals surface area contributed by atoms with Gasteiger partial charge in [-0.2, -0.15) is 0 Å². The molecule has 0 bridgehead atoms. The van der Waals surface area contributed by atoms with Crippen LogP contribution in [-0.4, -0.2) is 30.8 Å². The van der Waals surface area contributed by atoms with Gasteiger partial charge in [0.05, 0.1) is 6.67 Å². The van der Waals surface area contributed by atoms with E-state index in [1.807, 2.05) is 18.2 Å². The average molecular weight is 251 g/mol. The predicted octanol–water partition coefficient (Wildman–Crippen LogP) is 3.26. The molecule has 1 aliphatic rings. The maximum atomic E-state index is 12.2.